The molecule has 13 heavy (non-hydrogen) atoms. The Morgan fingerprint density at radius 1 is 1.62 bits per heavy atom. The number of hydrogen-bond donors (Lipinski definition) is 1. The average Bonchev–Trinajstić information content (AvgIpc) is 2.12. The first-order valence-corrected chi connectivity index (χ1v) is 4.61. The first-order valence-electron chi connectivity index (χ1n) is 4.61. The van der Waals surface area contributed by atoms with Crippen LogP contribution in [0.3, 0.4) is 0 Å². The molecule has 1 fully saturated rings. The summed E-state index contributed by atoms with van der Waals surface area (Å²) in [5.74, 6) is -0.365. The molecule has 1 aliphatic heterocycles. The first-order chi connectivity index (χ1) is 6.07. The lowest BCUT2D eigenvalue weighted by Crippen LogP contribution is -2.54. The lowest BCUT2D eigenvalue weighted by Gasteiger charge is -2.39. The van der Waals surface area contributed by atoms with Gasteiger partial charge in [-0.1, -0.05) is 0 Å². The highest BCUT2D eigenvalue weighted by Crippen LogP contribution is 2.22. The smallest absolute Gasteiger partial charge is 0.311 e. The van der Waals surface area contributed by atoms with Gasteiger partial charge in [-0.3, -0.25) is 4.79 Å². The Hall–Kier alpha value is -0.610. The van der Waals surface area contributed by atoms with Crippen LogP contribution < -0.4 is 5.73 Å². The Morgan fingerprint density at radius 2 is 2.23 bits per heavy atom. The molecule has 0 aliphatic carbocycles. The number of rotatable bonds is 1. The standard InChI is InChI=1S/C9H18N2O2/c1-6-8(9(12)13-3)7(10)4-5-11(6)2/h6-8H,4-5,10H2,1-3H3. The van der Waals surface area contributed by atoms with Crippen LogP contribution in [0, 0.1) is 5.92 Å². The summed E-state index contributed by atoms with van der Waals surface area (Å²) in [4.78, 5) is 13.5. The molecule has 1 aliphatic rings. The Morgan fingerprint density at radius 3 is 2.77 bits per heavy atom. The number of hydrogen-bond acceptors (Lipinski definition) is 4. The summed E-state index contributed by atoms with van der Waals surface area (Å²) >= 11 is 0. The zero-order valence-corrected chi connectivity index (χ0v) is 8.49. The van der Waals surface area contributed by atoms with Crippen LogP contribution in [0.5, 0.6) is 0 Å². The number of likely N-dealkylation sites (tertiary alicyclic amines) is 1. The maximum atomic E-state index is 11.4. The van der Waals surface area contributed by atoms with E-state index in [0.717, 1.165) is 13.0 Å². The summed E-state index contributed by atoms with van der Waals surface area (Å²) in [7, 11) is 3.42. The van der Waals surface area contributed by atoms with Crippen molar-refractivity contribution in [1.82, 2.24) is 4.90 Å². The van der Waals surface area contributed by atoms with Gasteiger partial charge in [0.25, 0.3) is 0 Å². The van der Waals surface area contributed by atoms with Gasteiger partial charge >= 0.3 is 5.97 Å². The second-order valence-corrected chi connectivity index (χ2v) is 3.72. The van der Waals surface area contributed by atoms with E-state index in [0.29, 0.717) is 0 Å². The zero-order valence-electron chi connectivity index (χ0n) is 8.49. The van der Waals surface area contributed by atoms with E-state index in [4.69, 9.17) is 10.5 Å². The first kappa shape index (κ1) is 10.5. The van der Waals surface area contributed by atoms with Crippen LogP contribution in [0.1, 0.15) is 13.3 Å². The van der Waals surface area contributed by atoms with Crippen molar-refractivity contribution < 1.29 is 9.53 Å². The monoisotopic (exact) mass is 186 g/mol. The van der Waals surface area contributed by atoms with E-state index in [1.54, 1.807) is 0 Å². The number of carbonyl (C=O) groups excluding carboxylic acids is 1. The van der Waals surface area contributed by atoms with E-state index in [1.165, 1.54) is 7.11 Å². The van der Waals surface area contributed by atoms with Crippen LogP contribution in [-0.2, 0) is 9.53 Å². The number of nitrogens with zero attached hydrogens (tertiary/aromatic N) is 1. The predicted molar refractivity (Wildman–Crippen MR) is 50.2 cm³/mol. The van der Waals surface area contributed by atoms with Gasteiger partial charge in [0.15, 0.2) is 0 Å². The molecule has 4 nitrogen and oxygen atoms in total. The summed E-state index contributed by atoms with van der Waals surface area (Å²) in [5, 5.41) is 0. The van der Waals surface area contributed by atoms with Crippen LogP contribution in [-0.4, -0.2) is 43.7 Å². The van der Waals surface area contributed by atoms with Gasteiger partial charge in [0.1, 0.15) is 0 Å². The van der Waals surface area contributed by atoms with Crippen LogP contribution in [0.2, 0.25) is 0 Å². The molecular formula is C9H18N2O2. The minimum absolute atomic E-state index is 0.0568. The molecular weight excluding hydrogens is 168 g/mol. The maximum Gasteiger partial charge on any atom is 0.311 e. The third-order valence-corrected chi connectivity index (χ3v) is 2.96. The second-order valence-electron chi connectivity index (χ2n) is 3.72. The number of piperidine rings is 1. The molecule has 0 radical (unpaired) electrons. The largest absolute Gasteiger partial charge is 0.469 e. The molecule has 0 spiro atoms. The molecule has 1 heterocycles. The Balaban J connectivity index is 2.71. The number of esters is 1. The predicted octanol–water partition coefficient (Wildman–Crippen LogP) is -0.173. The van der Waals surface area contributed by atoms with Crippen LogP contribution in [0.4, 0.5) is 0 Å². The molecule has 0 aromatic carbocycles. The Labute approximate surface area is 79.0 Å². The molecule has 3 atom stereocenters. The lowest BCUT2D eigenvalue weighted by atomic mass is 9.86. The summed E-state index contributed by atoms with van der Waals surface area (Å²) < 4.78 is 4.73. The maximum absolute atomic E-state index is 11.4. The van der Waals surface area contributed by atoms with Crippen molar-refractivity contribution in [3.8, 4) is 0 Å². The molecule has 3 unspecified atom stereocenters. The Bertz CT molecular complexity index is 196. The Kier molecular flexibility index (Phi) is 3.27. The third kappa shape index (κ3) is 2.00. The molecule has 0 amide bonds. The van der Waals surface area contributed by atoms with E-state index >= 15 is 0 Å². The van der Waals surface area contributed by atoms with Crippen molar-refractivity contribution in [1.29, 1.82) is 0 Å². The van der Waals surface area contributed by atoms with Gasteiger partial charge in [-0.2, -0.15) is 0 Å². The van der Waals surface area contributed by atoms with Crippen molar-refractivity contribution >= 4 is 5.97 Å². The van der Waals surface area contributed by atoms with Gasteiger partial charge < -0.3 is 15.4 Å². The minimum Gasteiger partial charge on any atom is -0.469 e. The molecule has 0 aromatic heterocycles. The van der Waals surface area contributed by atoms with Crippen LogP contribution in [0.25, 0.3) is 0 Å². The quantitative estimate of drug-likeness (QED) is 0.577. The molecule has 1 rings (SSSR count). The number of nitrogens with two attached hydrogens (primary N) is 1. The van der Waals surface area contributed by atoms with Gasteiger partial charge in [-0.05, 0) is 26.9 Å². The van der Waals surface area contributed by atoms with E-state index in [1.807, 2.05) is 14.0 Å². The van der Waals surface area contributed by atoms with E-state index in [9.17, 15) is 4.79 Å². The number of ether oxygens (including phenoxy) is 1. The normalized spacial score (nSPS) is 35.8. The minimum atomic E-state index is -0.188. The van der Waals surface area contributed by atoms with Gasteiger partial charge in [-0.25, -0.2) is 0 Å². The summed E-state index contributed by atoms with van der Waals surface area (Å²) in [6.45, 7) is 2.97. The van der Waals surface area contributed by atoms with Crippen molar-refractivity contribution in [2.45, 2.75) is 25.4 Å². The second kappa shape index (κ2) is 4.07. The van der Waals surface area contributed by atoms with E-state index in [-0.39, 0.29) is 24.0 Å². The third-order valence-electron chi connectivity index (χ3n) is 2.96. The number of methoxy groups -OCH3 is 1. The van der Waals surface area contributed by atoms with Gasteiger partial charge in [0, 0.05) is 12.1 Å². The van der Waals surface area contributed by atoms with E-state index < -0.39 is 0 Å². The van der Waals surface area contributed by atoms with Gasteiger partial charge in [0.05, 0.1) is 13.0 Å². The fourth-order valence-electron chi connectivity index (χ4n) is 1.88. The summed E-state index contributed by atoms with van der Waals surface area (Å²) in [6, 6.07) is 0.120. The molecule has 0 saturated carbocycles. The van der Waals surface area contributed by atoms with Crippen LogP contribution in [0.15, 0.2) is 0 Å². The van der Waals surface area contributed by atoms with E-state index in [2.05, 4.69) is 4.90 Å². The lowest BCUT2D eigenvalue weighted by molar-refractivity contribution is -0.149. The highest BCUT2D eigenvalue weighted by Gasteiger charge is 2.37. The highest BCUT2D eigenvalue weighted by molar-refractivity contribution is 5.74. The fourth-order valence-corrected chi connectivity index (χ4v) is 1.88. The fraction of sp³-hybridized carbons (Fsp3) is 0.889. The molecule has 0 bridgehead atoms. The molecule has 1 saturated heterocycles. The van der Waals surface area contributed by atoms with Crippen molar-refractivity contribution in [2.24, 2.45) is 11.7 Å². The molecule has 4 heteroatoms. The SMILES string of the molecule is COC(=O)C1C(N)CCN(C)C1C. The van der Waals surface area contributed by atoms with Crippen molar-refractivity contribution in [2.75, 3.05) is 20.7 Å². The molecule has 76 valence electrons. The van der Waals surface area contributed by atoms with Gasteiger partial charge in [-0.15, -0.1) is 0 Å². The average molecular weight is 186 g/mol. The summed E-state index contributed by atoms with van der Waals surface area (Å²) in [6.07, 6.45) is 0.862. The molecule has 0 aromatic rings. The number of carbonyl (C=O) groups is 1. The topological polar surface area (TPSA) is 55.6 Å². The van der Waals surface area contributed by atoms with Crippen LogP contribution >= 0.6 is 0 Å². The zero-order chi connectivity index (χ0) is 10.0. The highest BCUT2D eigenvalue weighted by atomic mass is 16.5. The van der Waals surface area contributed by atoms with Gasteiger partial charge in [0.2, 0.25) is 0 Å². The van der Waals surface area contributed by atoms with Crippen molar-refractivity contribution in [3.05, 3.63) is 0 Å². The van der Waals surface area contributed by atoms with Crippen molar-refractivity contribution in [3.63, 3.8) is 0 Å². The molecule has 2 N–H and O–H groups in total. The summed E-state index contributed by atoms with van der Waals surface area (Å²) in [5.41, 5.74) is 5.88.